The fraction of sp³-hybridized carbons (Fsp3) is 0.625. The van der Waals surface area contributed by atoms with Gasteiger partial charge in [-0.2, -0.15) is 0 Å². The van der Waals surface area contributed by atoms with Crippen molar-refractivity contribution in [2.75, 3.05) is 25.0 Å². The number of carbonyl (C=O) groups excluding carboxylic acids is 1. The molecular weight excluding hydrogens is 406 g/mol. The molecule has 0 spiro atoms. The van der Waals surface area contributed by atoms with Crippen molar-refractivity contribution in [1.29, 1.82) is 0 Å². The zero-order valence-corrected chi connectivity index (χ0v) is 19.6. The third kappa shape index (κ3) is 5.13. The van der Waals surface area contributed by atoms with Crippen LogP contribution in [0.15, 0.2) is 16.5 Å². The van der Waals surface area contributed by atoms with Crippen molar-refractivity contribution >= 4 is 17.6 Å². The van der Waals surface area contributed by atoms with Crippen LogP contribution < -0.4 is 5.32 Å². The molecule has 8 heteroatoms. The van der Waals surface area contributed by atoms with E-state index in [1.807, 2.05) is 0 Å². The Balaban J connectivity index is 1.40. The van der Waals surface area contributed by atoms with Crippen molar-refractivity contribution in [3.05, 3.63) is 34.7 Å². The van der Waals surface area contributed by atoms with Crippen LogP contribution in [0.3, 0.4) is 0 Å². The van der Waals surface area contributed by atoms with Gasteiger partial charge in [0, 0.05) is 44.3 Å². The van der Waals surface area contributed by atoms with Crippen LogP contribution in [0.2, 0.25) is 0 Å². The monoisotopic (exact) mass is 441 g/mol. The number of aromatic nitrogens is 2. The Morgan fingerprint density at radius 3 is 2.69 bits per heavy atom. The Hall–Kier alpha value is -2.45. The van der Waals surface area contributed by atoms with Crippen molar-refractivity contribution in [2.24, 2.45) is 5.92 Å². The second kappa shape index (κ2) is 9.58. The first-order valence-electron chi connectivity index (χ1n) is 11.7. The van der Waals surface area contributed by atoms with Crippen molar-refractivity contribution in [1.82, 2.24) is 20.0 Å². The molecule has 4 rings (SSSR count). The van der Waals surface area contributed by atoms with Crippen LogP contribution in [0.25, 0.3) is 0 Å². The van der Waals surface area contributed by atoms with E-state index in [2.05, 4.69) is 58.2 Å². The SMILES string of the molecule is Cc1cc(CN2CCN(C(=O)CC3CCC3)[C@@H](C)C2)c(C)c(Nc2nnc([C@@H](C)O)o2)c1. The molecule has 32 heavy (non-hydrogen) atoms. The molecule has 2 aliphatic rings. The highest BCUT2D eigenvalue weighted by molar-refractivity contribution is 5.77. The molecular formula is C24H35N5O3. The Bertz CT molecular complexity index is 953. The van der Waals surface area contributed by atoms with E-state index < -0.39 is 6.10 Å². The van der Waals surface area contributed by atoms with Crippen LogP contribution in [-0.4, -0.2) is 56.7 Å². The van der Waals surface area contributed by atoms with Gasteiger partial charge in [0.2, 0.25) is 11.8 Å². The molecule has 2 N–H and O–H groups in total. The van der Waals surface area contributed by atoms with E-state index in [9.17, 15) is 9.90 Å². The molecule has 2 heterocycles. The van der Waals surface area contributed by atoms with E-state index in [1.54, 1.807) is 6.92 Å². The minimum Gasteiger partial charge on any atom is -0.405 e. The first-order chi connectivity index (χ1) is 15.3. The number of aliphatic hydroxyl groups is 1. The Morgan fingerprint density at radius 2 is 2.06 bits per heavy atom. The number of nitrogens with zero attached hydrogens (tertiary/aromatic N) is 4. The van der Waals surface area contributed by atoms with Gasteiger partial charge < -0.3 is 19.7 Å². The largest absolute Gasteiger partial charge is 0.405 e. The summed E-state index contributed by atoms with van der Waals surface area (Å²) in [4.78, 5) is 17.2. The molecule has 1 aromatic heterocycles. The molecule has 8 nitrogen and oxygen atoms in total. The fourth-order valence-corrected chi connectivity index (χ4v) is 4.65. The second-order valence-corrected chi connectivity index (χ2v) is 9.52. The van der Waals surface area contributed by atoms with Crippen molar-refractivity contribution in [3.63, 3.8) is 0 Å². The molecule has 1 aliphatic heterocycles. The summed E-state index contributed by atoms with van der Waals surface area (Å²) < 4.78 is 5.49. The quantitative estimate of drug-likeness (QED) is 0.676. The number of benzene rings is 1. The third-order valence-corrected chi connectivity index (χ3v) is 6.81. The lowest BCUT2D eigenvalue weighted by Crippen LogP contribution is -2.54. The van der Waals surface area contributed by atoms with E-state index in [1.165, 1.54) is 24.8 Å². The fourth-order valence-electron chi connectivity index (χ4n) is 4.65. The van der Waals surface area contributed by atoms with Crippen LogP contribution >= 0.6 is 0 Å². The summed E-state index contributed by atoms with van der Waals surface area (Å²) in [5.74, 6) is 1.14. The van der Waals surface area contributed by atoms with E-state index in [-0.39, 0.29) is 17.9 Å². The molecule has 0 radical (unpaired) electrons. The molecule has 0 bridgehead atoms. The van der Waals surface area contributed by atoms with Crippen LogP contribution in [0.5, 0.6) is 0 Å². The van der Waals surface area contributed by atoms with Crippen LogP contribution in [0.4, 0.5) is 11.7 Å². The van der Waals surface area contributed by atoms with Crippen molar-refractivity contribution in [3.8, 4) is 0 Å². The topological polar surface area (TPSA) is 94.7 Å². The molecule has 1 amide bonds. The Labute approximate surface area is 190 Å². The molecule has 2 fully saturated rings. The summed E-state index contributed by atoms with van der Waals surface area (Å²) in [6.07, 6.45) is 3.64. The molecule has 1 saturated heterocycles. The molecule has 0 unspecified atom stereocenters. The molecule has 2 atom stereocenters. The number of anilines is 2. The summed E-state index contributed by atoms with van der Waals surface area (Å²) in [5, 5.41) is 20.7. The van der Waals surface area contributed by atoms with Gasteiger partial charge >= 0.3 is 6.01 Å². The zero-order chi connectivity index (χ0) is 22.8. The van der Waals surface area contributed by atoms with Gasteiger partial charge in [-0.15, -0.1) is 5.10 Å². The van der Waals surface area contributed by atoms with Crippen molar-refractivity contribution in [2.45, 2.75) is 72.1 Å². The van der Waals surface area contributed by atoms with Crippen LogP contribution in [0, 0.1) is 19.8 Å². The number of hydrogen-bond acceptors (Lipinski definition) is 7. The zero-order valence-electron chi connectivity index (χ0n) is 19.6. The average molecular weight is 442 g/mol. The molecule has 2 aromatic rings. The van der Waals surface area contributed by atoms with Gasteiger partial charge in [-0.1, -0.05) is 17.6 Å². The molecule has 1 aliphatic carbocycles. The van der Waals surface area contributed by atoms with Crippen LogP contribution in [0.1, 0.15) is 68.2 Å². The van der Waals surface area contributed by atoms with Crippen molar-refractivity contribution < 1.29 is 14.3 Å². The second-order valence-electron chi connectivity index (χ2n) is 9.52. The normalized spacial score (nSPS) is 20.8. The number of carbonyl (C=O) groups is 1. The van der Waals surface area contributed by atoms with Gasteiger partial charge in [0.15, 0.2) is 0 Å². The summed E-state index contributed by atoms with van der Waals surface area (Å²) in [6, 6.07) is 4.78. The summed E-state index contributed by atoms with van der Waals surface area (Å²) in [6.45, 7) is 11.3. The predicted octanol–water partition coefficient (Wildman–Crippen LogP) is 3.71. The molecule has 174 valence electrons. The predicted molar refractivity (Wildman–Crippen MR) is 123 cm³/mol. The number of aliphatic hydroxyl groups excluding tert-OH is 1. The first kappa shape index (κ1) is 22.7. The molecule has 1 saturated carbocycles. The van der Waals surface area contributed by atoms with E-state index >= 15 is 0 Å². The third-order valence-electron chi connectivity index (χ3n) is 6.81. The number of nitrogens with one attached hydrogen (secondary N) is 1. The van der Waals surface area contributed by atoms with Gasteiger partial charge in [0.05, 0.1) is 0 Å². The number of hydrogen-bond donors (Lipinski definition) is 2. The number of rotatable bonds is 7. The number of aryl methyl sites for hydroxylation is 1. The average Bonchev–Trinajstić information content (AvgIpc) is 3.17. The Morgan fingerprint density at radius 1 is 1.28 bits per heavy atom. The van der Waals surface area contributed by atoms with E-state index in [0.717, 1.165) is 49.4 Å². The summed E-state index contributed by atoms with van der Waals surface area (Å²) in [5.41, 5.74) is 4.43. The highest BCUT2D eigenvalue weighted by Crippen LogP contribution is 2.31. The van der Waals surface area contributed by atoms with Gasteiger partial charge in [-0.25, -0.2) is 0 Å². The van der Waals surface area contributed by atoms with Gasteiger partial charge in [0.1, 0.15) is 6.10 Å². The van der Waals surface area contributed by atoms with E-state index in [0.29, 0.717) is 11.8 Å². The lowest BCUT2D eigenvalue weighted by molar-refractivity contribution is -0.137. The lowest BCUT2D eigenvalue weighted by Gasteiger charge is -2.41. The summed E-state index contributed by atoms with van der Waals surface area (Å²) >= 11 is 0. The molecule has 1 aromatic carbocycles. The van der Waals surface area contributed by atoms with Gasteiger partial charge in [-0.05, 0) is 69.2 Å². The van der Waals surface area contributed by atoms with Gasteiger partial charge in [-0.3, -0.25) is 9.69 Å². The maximum Gasteiger partial charge on any atom is 0.320 e. The smallest absolute Gasteiger partial charge is 0.320 e. The van der Waals surface area contributed by atoms with Crippen LogP contribution in [-0.2, 0) is 11.3 Å². The van der Waals surface area contributed by atoms with E-state index in [4.69, 9.17) is 4.42 Å². The summed E-state index contributed by atoms with van der Waals surface area (Å²) in [7, 11) is 0. The minimum atomic E-state index is -0.798. The number of piperazine rings is 1. The highest BCUT2D eigenvalue weighted by Gasteiger charge is 2.30. The first-order valence-corrected chi connectivity index (χ1v) is 11.7. The minimum absolute atomic E-state index is 0.191. The maximum atomic E-state index is 12.7. The van der Waals surface area contributed by atoms with Gasteiger partial charge in [0.25, 0.3) is 0 Å². The Kier molecular flexibility index (Phi) is 6.81. The highest BCUT2D eigenvalue weighted by atomic mass is 16.4. The maximum absolute atomic E-state index is 12.7. The standard InChI is InChI=1S/C24H35N5O3/c1-15-10-20(17(3)21(11-15)25-24-27-26-23(32-24)18(4)30)14-28-8-9-29(16(2)13-28)22(31)12-19-6-5-7-19/h10-11,16,18-19,30H,5-9,12-14H2,1-4H3,(H,25,27)/t16-,18+/m0/s1. The number of amides is 1. The lowest BCUT2D eigenvalue weighted by atomic mass is 9.82.